The summed E-state index contributed by atoms with van der Waals surface area (Å²) >= 11 is 0. The summed E-state index contributed by atoms with van der Waals surface area (Å²) in [6.45, 7) is 4.34. The number of esters is 1. The van der Waals surface area contributed by atoms with E-state index in [1.165, 1.54) is 231 Å². The Labute approximate surface area is 441 Å². The first-order chi connectivity index (χ1) is 35.0. The van der Waals surface area contributed by atoms with Crippen LogP contribution in [0.4, 0.5) is 0 Å². The topological polar surface area (TPSA) is 192 Å². The zero-order valence-electron chi connectivity index (χ0n) is 46.5. The molecule has 6 atom stereocenters. The van der Waals surface area contributed by atoms with Crippen LogP contribution >= 0.6 is 7.82 Å². The van der Waals surface area contributed by atoms with Crippen LogP contribution in [0.15, 0.2) is 12.2 Å². The maximum Gasteiger partial charge on any atom is 0.472 e. The number of phosphoric ester groups is 1. The van der Waals surface area contributed by atoms with E-state index in [0.29, 0.717) is 13.0 Å². The van der Waals surface area contributed by atoms with Crippen molar-refractivity contribution in [3.63, 3.8) is 0 Å². The van der Waals surface area contributed by atoms with E-state index in [9.17, 15) is 39.8 Å². The first-order valence-electron chi connectivity index (χ1n) is 30.5. The van der Waals surface area contributed by atoms with Gasteiger partial charge in [0.05, 0.1) is 13.2 Å². The Morgan fingerprint density at radius 2 is 0.736 bits per heavy atom. The van der Waals surface area contributed by atoms with Crippen molar-refractivity contribution >= 4 is 13.8 Å². The summed E-state index contributed by atoms with van der Waals surface area (Å²) in [5, 5.41) is 50.5. The van der Waals surface area contributed by atoms with Gasteiger partial charge in [-0.2, -0.15) is 0 Å². The summed E-state index contributed by atoms with van der Waals surface area (Å²) in [6, 6.07) is 0. The molecule has 12 nitrogen and oxygen atoms in total. The molecule has 0 radical (unpaired) electrons. The summed E-state index contributed by atoms with van der Waals surface area (Å²) in [7, 11) is -5.02. The van der Waals surface area contributed by atoms with E-state index in [1.54, 1.807) is 0 Å². The molecule has 0 aromatic rings. The van der Waals surface area contributed by atoms with Gasteiger partial charge in [-0.15, -0.1) is 0 Å². The van der Waals surface area contributed by atoms with Gasteiger partial charge in [-0.3, -0.25) is 13.8 Å². The van der Waals surface area contributed by atoms with E-state index >= 15 is 0 Å². The summed E-state index contributed by atoms with van der Waals surface area (Å²) < 4.78 is 34.5. The van der Waals surface area contributed by atoms with Gasteiger partial charge in [0.15, 0.2) is 0 Å². The summed E-state index contributed by atoms with van der Waals surface area (Å²) in [4.78, 5) is 23.3. The van der Waals surface area contributed by atoms with E-state index in [0.717, 1.165) is 38.5 Å². The molecule has 13 heteroatoms. The largest absolute Gasteiger partial charge is 0.472 e. The van der Waals surface area contributed by atoms with Crippen molar-refractivity contribution < 1.29 is 58.3 Å². The molecule has 0 spiro atoms. The zero-order chi connectivity index (χ0) is 52.6. The molecular weight excluding hydrogens is 932 g/mol. The Balaban J connectivity index is 2.24. The Kier molecular flexibility index (Phi) is 47.6. The zero-order valence-corrected chi connectivity index (χ0v) is 47.4. The monoisotopic (exact) mass is 1050 g/mol. The molecule has 6 unspecified atom stereocenters. The molecule has 0 heterocycles. The summed E-state index contributed by atoms with van der Waals surface area (Å²) in [6.07, 6.45) is 47.2. The van der Waals surface area contributed by atoms with Crippen LogP contribution in [0.5, 0.6) is 0 Å². The SMILES string of the molecule is CCCCCCCCCC/C=C\CCCCCCCCCCCC(=O)OC(COCCCCCCCCCCCCCCCCCCCCCCCCCC)COP(=O)(O)OC1C(O)C(O)C(O)C(O)C1O. The molecule has 0 saturated heterocycles. The number of rotatable bonds is 54. The Bertz CT molecular complexity index is 1240. The molecule has 428 valence electrons. The third-order valence-corrected chi connectivity index (χ3v) is 15.6. The molecule has 0 aromatic heterocycles. The highest BCUT2D eigenvalue weighted by molar-refractivity contribution is 7.47. The molecule has 0 aliphatic heterocycles. The molecule has 0 bridgehead atoms. The predicted molar refractivity (Wildman–Crippen MR) is 295 cm³/mol. The van der Waals surface area contributed by atoms with Crippen LogP contribution in [0.2, 0.25) is 0 Å². The van der Waals surface area contributed by atoms with E-state index in [1.807, 2.05) is 0 Å². The number of carbonyl (C=O) groups excluding carboxylic acids is 1. The Morgan fingerprint density at radius 3 is 1.10 bits per heavy atom. The highest BCUT2D eigenvalue weighted by Crippen LogP contribution is 2.47. The van der Waals surface area contributed by atoms with Crippen molar-refractivity contribution in [2.24, 2.45) is 0 Å². The number of hydrogen-bond donors (Lipinski definition) is 6. The van der Waals surface area contributed by atoms with Crippen molar-refractivity contribution in [3.05, 3.63) is 12.2 Å². The van der Waals surface area contributed by atoms with Crippen molar-refractivity contribution in [1.82, 2.24) is 0 Å². The molecule has 1 fully saturated rings. The van der Waals surface area contributed by atoms with Gasteiger partial charge >= 0.3 is 13.8 Å². The minimum Gasteiger partial charge on any atom is -0.457 e. The lowest BCUT2D eigenvalue weighted by atomic mass is 9.85. The lowest BCUT2D eigenvalue weighted by molar-refractivity contribution is -0.220. The quantitative estimate of drug-likeness (QED) is 0.0146. The van der Waals surface area contributed by atoms with Crippen LogP contribution in [0, 0.1) is 0 Å². The first kappa shape index (κ1) is 69.1. The van der Waals surface area contributed by atoms with Crippen molar-refractivity contribution in [1.29, 1.82) is 0 Å². The second-order valence-electron chi connectivity index (χ2n) is 21.6. The highest BCUT2D eigenvalue weighted by Gasteiger charge is 2.51. The van der Waals surface area contributed by atoms with Crippen molar-refractivity contribution in [3.8, 4) is 0 Å². The third-order valence-electron chi connectivity index (χ3n) is 14.6. The number of allylic oxidation sites excluding steroid dienone is 2. The van der Waals surface area contributed by atoms with Gasteiger partial charge in [0, 0.05) is 13.0 Å². The number of aliphatic hydroxyl groups excluding tert-OH is 5. The first-order valence-corrected chi connectivity index (χ1v) is 32.0. The third kappa shape index (κ3) is 40.3. The van der Waals surface area contributed by atoms with E-state index in [4.69, 9.17) is 18.5 Å². The minimum atomic E-state index is -5.02. The van der Waals surface area contributed by atoms with Gasteiger partial charge in [0.1, 0.15) is 42.7 Å². The van der Waals surface area contributed by atoms with Crippen LogP contribution in [-0.2, 0) is 27.9 Å². The summed E-state index contributed by atoms with van der Waals surface area (Å²) in [5.41, 5.74) is 0. The fraction of sp³-hybridized carbons (Fsp3) is 0.949. The van der Waals surface area contributed by atoms with Gasteiger partial charge in [-0.1, -0.05) is 264 Å². The van der Waals surface area contributed by atoms with Crippen LogP contribution in [0.25, 0.3) is 0 Å². The lowest BCUT2D eigenvalue weighted by Crippen LogP contribution is -2.64. The number of ether oxygens (including phenoxy) is 2. The molecule has 1 aliphatic rings. The van der Waals surface area contributed by atoms with Gasteiger partial charge in [0.2, 0.25) is 0 Å². The number of unbranched alkanes of at least 4 members (excludes halogenated alkanes) is 40. The molecule has 72 heavy (non-hydrogen) atoms. The second kappa shape index (κ2) is 49.6. The Morgan fingerprint density at radius 1 is 0.431 bits per heavy atom. The van der Waals surface area contributed by atoms with Crippen LogP contribution < -0.4 is 0 Å². The van der Waals surface area contributed by atoms with E-state index < -0.39 is 63.1 Å². The fourth-order valence-electron chi connectivity index (χ4n) is 9.83. The highest BCUT2D eigenvalue weighted by atomic mass is 31.2. The molecule has 0 amide bonds. The molecule has 1 saturated carbocycles. The van der Waals surface area contributed by atoms with Crippen LogP contribution in [0.3, 0.4) is 0 Å². The average Bonchev–Trinajstić information content (AvgIpc) is 3.37. The number of aliphatic hydroxyl groups is 5. The van der Waals surface area contributed by atoms with E-state index in [-0.39, 0.29) is 13.0 Å². The maximum absolute atomic E-state index is 12.9. The lowest BCUT2D eigenvalue weighted by Gasteiger charge is -2.41. The summed E-state index contributed by atoms with van der Waals surface area (Å²) in [5.74, 6) is -0.471. The minimum absolute atomic E-state index is 0.0704. The average molecular weight is 1050 g/mol. The molecule has 6 N–H and O–H groups in total. The molecule has 1 aliphatic carbocycles. The predicted octanol–water partition coefficient (Wildman–Crippen LogP) is 15.0. The standard InChI is InChI=1S/C59H115O12P/c1-3-5-7-9-11-13-15-17-19-21-23-25-26-27-29-31-33-35-37-39-41-43-45-47-49-68-50-52(51-69-72(66,67)71-59-57(64)55(62)54(61)56(63)58(59)65)70-53(60)48-46-44-42-40-38-36-34-32-30-28-24-22-20-18-16-14-12-10-8-6-4-2/h22,24,52,54-59,61-65H,3-21,23,25-51H2,1-2H3,(H,66,67)/b24-22-. The van der Waals surface area contributed by atoms with Crippen molar-refractivity contribution in [2.45, 2.75) is 339 Å². The van der Waals surface area contributed by atoms with Gasteiger partial charge in [0.25, 0.3) is 0 Å². The van der Waals surface area contributed by atoms with Gasteiger partial charge < -0.3 is 39.9 Å². The van der Waals surface area contributed by atoms with Crippen LogP contribution in [0.1, 0.15) is 296 Å². The fourth-order valence-corrected chi connectivity index (χ4v) is 10.8. The number of hydrogen-bond acceptors (Lipinski definition) is 11. The van der Waals surface area contributed by atoms with E-state index in [2.05, 4.69) is 26.0 Å². The number of phosphoric acid groups is 1. The van der Waals surface area contributed by atoms with Gasteiger partial charge in [-0.05, 0) is 38.5 Å². The Hall–Kier alpha value is -0.920. The molecular formula is C59H115O12P. The van der Waals surface area contributed by atoms with Gasteiger partial charge in [-0.25, -0.2) is 4.57 Å². The van der Waals surface area contributed by atoms with Crippen molar-refractivity contribution in [2.75, 3.05) is 19.8 Å². The molecule has 1 rings (SSSR count). The number of carbonyl (C=O) groups is 1. The normalized spacial score (nSPS) is 20.6. The maximum atomic E-state index is 12.9. The smallest absolute Gasteiger partial charge is 0.457 e. The van der Waals surface area contributed by atoms with Crippen LogP contribution in [-0.4, -0.2) is 98.9 Å². The molecule has 0 aromatic carbocycles. The second-order valence-corrected chi connectivity index (χ2v) is 23.0.